The molecule has 26 heavy (non-hydrogen) atoms. The van der Waals surface area contributed by atoms with Crippen LogP contribution < -0.4 is 5.32 Å². The molecule has 1 aromatic heterocycles. The number of aromatic nitrogens is 2. The maximum atomic E-state index is 5.04. The van der Waals surface area contributed by atoms with Crippen LogP contribution in [0.15, 0.2) is 42.5 Å². The number of para-hydroxylation sites is 2. The smallest absolute Gasteiger partial charge is 0.112 e. The SMILES string of the molecule is CCCCn1c(C(C)C)nc2c(Nc3ccccc3C(C)C)cccc21. The van der Waals surface area contributed by atoms with Gasteiger partial charge in [0.15, 0.2) is 0 Å². The topological polar surface area (TPSA) is 29.9 Å². The van der Waals surface area contributed by atoms with Crippen molar-refractivity contribution < 1.29 is 0 Å². The molecule has 0 aliphatic heterocycles. The maximum absolute atomic E-state index is 5.04. The van der Waals surface area contributed by atoms with Crippen molar-refractivity contribution in [3.63, 3.8) is 0 Å². The summed E-state index contributed by atoms with van der Waals surface area (Å²) in [7, 11) is 0. The summed E-state index contributed by atoms with van der Waals surface area (Å²) in [5.41, 5.74) is 5.90. The molecule has 0 aliphatic rings. The molecule has 3 nitrogen and oxygen atoms in total. The highest BCUT2D eigenvalue weighted by atomic mass is 15.1. The number of hydrogen-bond acceptors (Lipinski definition) is 2. The second-order valence-corrected chi connectivity index (χ2v) is 7.67. The third-order valence-electron chi connectivity index (χ3n) is 4.91. The van der Waals surface area contributed by atoms with Gasteiger partial charge in [-0.3, -0.25) is 0 Å². The number of hydrogen-bond donors (Lipinski definition) is 1. The average molecular weight is 350 g/mol. The van der Waals surface area contributed by atoms with Gasteiger partial charge in [-0.2, -0.15) is 0 Å². The van der Waals surface area contributed by atoms with Crippen LogP contribution in [-0.2, 0) is 6.54 Å². The van der Waals surface area contributed by atoms with Crippen LogP contribution in [0.1, 0.15) is 70.7 Å². The third kappa shape index (κ3) is 3.62. The van der Waals surface area contributed by atoms with Crippen molar-refractivity contribution in [2.75, 3.05) is 5.32 Å². The lowest BCUT2D eigenvalue weighted by molar-refractivity contribution is 0.595. The van der Waals surface area contributed by atoms with Crippen LogP contribution >= 0.6 is 0 Å². The summed E-state index contributed by atoms with van der Waals surface area (Å²) in [6.07, 6.45) is 2.37. The number of nitrogens with one attached hydrogen (secondary N) is 1. The van der Waals surface area contributed by atoms with Gasteiger partial charge in [-0.25, -0.2) is 4.98 Å². The molecular formula is C23H31N3. The van der Waals surface area contributed by atoms with Crippen molar-refractivity contribution in [1.82, 2.24) is 9.55 Å². The Morgan fingerprint density at radius 2 is 1.65 bits per heavy atom. The predicted octanol–water partition coefficient (Wildman–Crippen LogP) is 6.83. The first-order valence-electron chi connectivity index (χ1n) is 9.88. The highest BCUT2D eigenvalue weighted by Gasteiger charge is 2.16. The minimum absolute atomic E-state index is 0.412. The lowest BCUT2D eigenvalue weighted by atomic mass is 10.0. The van der Waals surface area contributed by atoms with Gasteiger partial charge >= 0.3 is 0 Å². The van der Waals surface area contributed by atoms with E-state index >= 15 is 0 Å². The normalized spacial score (nSPS) is 11.7. The summed E-state index contributed by atoms with van der Waals surface area (Å²) in [6.45, 7) is 12.2. The van der Waals surface area contributed by atoms with Crippen LogP contribution in [0, 0.1) is 0 Å². The summed E-state index contributed by atoms with van der Waals surface area (Å²) >= 11 is 0. The van der Waals surface area contributed by atoms with Crippen molar-refractivity contribution in [3.05, 3.63) is 53.9 Å². The van der Waals surface area contributed by atoms with Gasteiger partial charge in [0.2, 0.25) is 0 Å². The van der Waals surface area contributed by atoms with E-state index in [-0.39, 0.29) is 0 Å². The van der Waals surface area contributed by atoms with Gasteiger partial charge in [-0.1, -0.05) is 65.3 Å². The fraction of sp³-hybridized carbons (Fsp3) is 0.435. The molecule has 2 aromatic carbocycles. The Morgan fingerprint density at radius 3 is 2.35 bits per heavy atom. The van der Waals surface area contributed by atoms with Crippen molar-refractivity contribution in [1.29, 1.82) is 0 Å². The molecule has 0 atom stereocenters. The second-order valence-electron chi connectivity index (χ2n) is 7.67. The fourth-order valence-corrected chi connectivity index (χ4v) is 3.52. The van der Waals surface area contributed by atoms with Crippen molar-refractivity contribution in [2.45, 2.75) is 65.8 Å². The molecule has 3 rings (SSSR count). The van der Waals surface area contributed by atoms with Crippen molar-refractivity contribution >= 4 is 22.4 Å². The number of unbranched alkanes of at least 4 members (excludes halogenated alkanes) is 1. The highest BCUT2D eigenvalue weighted by molar-refractivity contribution is 5.91. The van der Waals surface area contributed by atoms with E-state index in [1.165, 1.54) is 35.4 Å². The van der Waals surface area contributed by atoms with Crippen molar-refractivity contribution in [2.24, 2.45) is 0 Å². The minimum Gasteiger partial charge on any atom is -0.353 e. The number of fused-ring (bicyclic) bond motifs is 1. The Morgan fingerprint density at radius 1 is 0.923 bits per heavy atom. The number of anilines is 2. The molecule has 3 aromatic rings. The Labute approximate surface area is 157 Å². The van der Waals surface area contributed by atoms with E-state index in [0.717, 1.165) is 17.7 Å². The Balaban J connectivity index is 2.08. The summed E-state index contributed by atoms with van der Waals surface area (Å²) in [6, 6.07) is 15.0. The number of nitrogens with zero attached hydrogens (tertiary/aromatic N) is 2. The van der Waals surface area contributed by atoms with Gasteiger partial charge in [0, 0.05) is 18.2 Å². The molecule has 0 saturated heterocycles. The average Bonchev–Trinajstić information content (AvgIpc) is 3.00. The first-order valence-corrected chi connectivity index (χ1v) is 9.88. The molecule has 3 heteroatoms. The minimum atomic E-state index is 0.412. The van der Waals surface area contributed by atoms with Gasteiger partial charge < -0.3 is 9.88 Å². The van der Waals surface area contributed by atoms with Crippen molar-refractivity contribution in [3.8, 4) is 0 Å². The van der Waals surface area contributed by atoms with Gasteiger partial charge in [0.05, 0.1) is 11.2 Å². The molecule has 0 unspecified atom stereocenters. The number of aryl methyl sites for hydroxylation is 1. The van der Waals surface area contributed by atoms with Gasteiger partial charge in [0.1, 0.15) is 11.3 Å². The third-order valence-corrected chi connectivity index (χ3v) is 4.91. The van der Waals surface area contributed by atoms with E-state index in [2.05, 4.69) is 87.0 Å². The zero-order chi connectivity index (χ0) is 18.7. The number of imidazole rings is 1. The molecule has 0 spiro atoms. The maximum Gasteiger partial charge on any atom is 0.112 e. The Hall–Kier alpha value is -2.29. The van der Waals surface area contributed by atoms with Crippen LogP contribution in [-0.4, -0.2) is 9.55 Å². The highest BCUT2D eigenvalue weighted by Crippen LogP contribution is 2.32. The molecule has 138 valence electrons. The quantitative estimate of drug-likeness (QED) is 0.507. The first-order chi connectivity index (χ1) is 12.5. The molecule has 0 bridgehead atoms. The van der Waals surface area contributed by atoms with Crippen LogP contribution in [0.5, 0.6) is 0 Å². The van der Waals surface area contributed by atoms with E-state index in [0.29, 0.717) is 11.8 Å². The standard InChI is InChI=1S/C23H31N3/c1-6-7-15-26-21-14-10-13-20(22(21)25-23(26)17(4)5)24-19-12-9-8-11-18(19)16(2)3/h8-14,16-17,24H,6-7,15H2,1-5H3. The van der Waals surface area contributed by atoms with E-state index in [1.54, 1.807) is 0 Å². The Bertz CT molecular complexity index is 874. The van der Waals surface area contributed by atoms with Crippen LogP contribution in [0.2, 0.25) is 0 Å². The molecule has 0 amide bonds. The molecule has 0 radical (unpaired) electrons. The van der Waals surface area contributed by atoms with Gasteiger partial charge in [0.25, 0.3) is 0 Å². The predicted molar refractivity (Wildman–Crippen MR) is 113 cm³/mol. The zero-order valence-corrected chi connectivity index (χ0v) is 16.7. The largest absolute Gasteiger partial charge is 0.353 e. The van der Waals surface area contributed by atoms with Crippen LogP contribution in [0.3, 0.4) is 0 Å². The van der Waals surface area contributed by atoms with E-state index in [4.69, 9.17) is 4.98 Å². The second kappa shape index (κ2) is 7.94. The number of benzene rings is 2. The van der Waals surface area contributed by atoms with Crippen LogP contribution in [0.25, 0.3) is 11.0 Å². The molecular weight excluding hydrogens is 318 g/mol. The monoisotopic (exact) mass is 349 g/mol. The molecule has 1 N–H and O–H groups in total. The molecule has 0 saturated carbocycles. The lowest BCUT2D eigenvalue weighted by Gasteiger charge is -2.15. The first kappa shape index (κ1) is 18.5. The molecule has 1 heterocycles. The zero-order valence-electron chi connectivity index (χ0n) is 16.7. The van der Waals surface area contributed by atoms with E-state index in [9.17, 15) is 0 Å². The van der Waals surface area contributed by atoms with Gasteiger partial charge in [-0.15, -0.1) is 0 Å². The van der Waals surface area contributed by atoms with Gasteiger partial charge in [-0.05, 0) is 36.1 Å². The summed E-state index contributed by atoms with van der Waals surface area (Å²) in [5.74, 6) is 2.07. The summed E-state index contributed by atoms with van der Waals surface area (Å²) < 4.78 is 2.41. The fourth-order valence-electron chi connectivity index (χ4n) is 3.52. The molecule has 0 aliphatic carbocycles. The molecule has 0 fully saturated rings. The summed E-state index contributed by atoms with van der Waals surface area (Å²) in [4.78, 5) is 5.04. The lowest BCUT2D eigenvalue weighted by Crippen LogP contribution is -2.05. The number of rotatable bonds is 7. The summed E-state index contributed by atoms with van der Waals surface area (Å²) in [5, 5.41) is 3.66. The van der Waals surface area contributed by atoms with E-state index in [1.807, 2.05) is 0 Å². The van der Waals surface area contributed by atoms with Crippen LogP contribution in [0.4, 0.5) is 11.4 Å². The van der Waals surface area contributed by atoms with E-state index < -0.39 is 0 Å². The Kier molecular flexibility index (Phi) is 5.65.